The third-order valence-electron chi connectivity index (χ3n) is 2.15. The van der Waals surface area contributed by atoms with Crippen LogP contribution in [0.25, 0.3) is 0 Å². The molecule has 3 nitrogen and oxygen atoms in total. The Hall–Kier alpha value is -0.685. The number of hydrogen-bond acceptors (Lipinski definition) is 3. The van der Waals surface area contributed by atoms with Crippen LogP contribution in [0.2, 0.25) is 0 Å². The molecule has 132 valence electrons. The Morgan fingerprint density at radius 1 is 0.591 bits per heavy atom. The van der Waals surface area contributed by atoms with Crippen molar-refractivity contribution in [3.8, 4) is 0 Å². The number of halogens is 9. The Labute approximate surface area is 119 Å². The molecule has 3 unspecified atom stereocenters. The molecule has 0 aromatic heterocycles. The van der Waals surface area contributed by atoms with Crippen molar-refractivity contribution in [2.24, 2.45) is 0 Å². The Kier molecular flexibility index (Phi) is 7.03. The van der Waals surface area contributed by atoms with Crippen LogP contribution in [0, 0.1) is 0 Å². The summed E-state index contributed by atoms with van der Waals surface area (Å²) >= 11 is 0. The van der Waals surface area contributed by atoms with Crippen molar-refractivity contribution >= 4 is 7.32 Å². The minimum absolute atomic E-state index is 0.211. The molecule has 22 heavy (non-hydrogen) atoms. The van der Waals surface area contributed by atoms with Crippen LogP contribution in [0.5, 0.6) is 0 Å². The second-order valence-corrected chi connectivity index (χ2v) is 4.18. The summed E-state index contributed by atoms with van der Waals surface area (Å²) < 4.78 is 125. The van der Waals surface area contributed by atoms with Gasteiger partial charge in [0.05, 0.1) is 0 Å². The average Bonchev–Trinajstić information content (AvgIpc) is 2.25. The summed E-state index contributed by atoms with van der Waals surface area (Å²) in [5.74, 6) is 0. The zero-order valence-electron chi connectivity index (χ0n) is 11.4. The van der Waals surface area contributed by atoms with Crippen molar-refractivity contribution in [2.75, 3.05) is 0 Å². The van der Waals surface area contributed by atoms with Gasteiger partial charge in [-0.3, -0.25) is 0 Å². The maximum Gasteiger partial charge on any atom is 0.652 e. The van der Waals surface area contributed by atoms with Crippen molar-refractivity contribution in [2.45, 2.75) is 57.6 Å². The largest absolute Gasteiger partial charge is 0.652 e. The topological polar surface area (TPSA) is 27.7 Å². The lowest BCUT2D eigenvalue weighted by Crippen LogP contribution is -2.50. The van der Waals surface area contributed by atoms with Gasteiger partial charge < -0.3 is 14.0 Å². The summed E-state index contributed by atoms with van der Waals surface area (Å²) in [6, 6.07) is 0. The van der Waals surface area contributed by atoms with Crippen LogP contribution in [0.3, 0.4) is 0 Å². The normalized spacial score (nSPS) is 18.0. The predicted octanol–water partition coefficient (Wildman–Crippen LogP) is 3.87. The minimum Gasteiger partial charge on any atom is -0.324 e. The molecule has 0 rings (SSSR count). The van der Waals surface area contributed by atoms with Gasteiger partial charge in [-0.25, -0.2) is 13.2 Å². The quantitative estimate of drug-likeness (QED) is 0.467. The highest BCUT2D eigenvalue weighted by atomic mass is 19.3. The van der Waals surface area contributed by atoms with Gasteiger partial charge in [0, 0.05) is 0 Å². The van der Waals surface area contributed by atoms with Crippen LogP contribution >= 0.6 is 0 Å². The van der Waals surface area contributed by atoms with Gasteiger partial charge in [-0.15, -0.1) is 0 Å². The van der Waals surface area contributed by atoms with E-state index in [0.29, 0.717) is 0 Å². The van der Waals surface area contributed by atoms with Crippen molar-refractivity contribution < 1.29 is 53.5 Å². The van der Waals surface area contributed by atoms with E-state index >= 15 is 0 Å². The molecule has 0 saturated carbocycles. The van der Waals surface area contributed by atoms with Gasteiger partial charge >= 0.3 is 25.6 Å². The molecule has 0 heterocycles. The van der Waals surface area contributed by atoms with Crippen molar-refractivity contribution in [1.29, 1.82) is 0 Å². The van der Waals surface area contributed by atoms with Gasteiger partial charge in [-0.2, -0.15) is 26.3 Å². The molecule has 0 aliphatic heterocycles. The summed E-state index contributed by atoms with van der Waals surface area (Å²) in [7, 11) is -3.64. The maximum atomic E-state index is 12.9. The first-order chi connectivity index (χ1) is 9.62. The fourth-order valence-electron chi connectivity index (χ4n) is 0.738. The van der Waals surface area contributed by atoms with E-state index in [0.717, 1.165) is 0 Å². The third kappa shape index (κ3) is 6.20. The highest BCUT2D eigenvalue weighted by molar-refractivity contribution is 6.36. The molecular formula is C9H12BF9O3. The van der Waals surface area contributed by atoms with Gasteiger partial charge in [0.25, 0.3) is 0 Å². The molecule has 0 aromatic carbocycles. The van der Waals surface area contributed by atoms with Crippen LogP contribution in [-0.4, -0.2) is 44.2 Å². The van der Waals surface area contributed by atoms with E-state index in [1.807, 2.05) is 0 Å². The van der Waals surface area contributed by atoms with E-state index in [2.05, 4.69) is 14.0 Å². The monoisotopic (exact) mass is 350 g/mol. The maximum absolute atomic E-state index is 12.9. The number of hydrogen-bond donors (Lipinski definition) is 0. The van der Waals surface area contributed by atoms with Crippen molar-refractivity contribution in [1.82, 2.24) is 0 Å². The third-order valence-corrected chi connectivity index (χ3v) is 2.15. The van der Waals surface area contributed by atoms with Gasteiger partial charge in [-0.1, -0.05) is 0 Å². The predicted molar refractivity (Wildman–Crippen MR) is 55.6 cm³/mol. The first-order valence-corrected chi connectivity index (χ1v) is 5.71. The summed E-state index contributed by atoms with van der Waals surface area (Å²) in [5, 5.41) is 0. The van der Waals surface area contributed by atoms with Gasteiger partial charge in [0.2, 0.25) is 0 Å². The molecule has 3 atom stereocenters. The Morgan fingerprint density at radius 3 is 0.909 bits per heavy atom. The van der Waals surface area contributed by atoms with Crippen LogP contribution in [0.4, 0.5) is 39.5 Å². The van der Waals surface area contributed by atoms with E-state index in [1.54, 1.807) is 0 Å². The molecule has 0 saturated heterocycles. The van der Waals surface area contributed by atoms with E-state index in [9.17, 15) is 39.5 Å². The fourth-order valence-corrected chi connectivity index (χ4v) is 0.738. The molecule has 0 radical (unpaired) electrons. The standard InChI is InChI=1S/C9H12BF9O3/c1-4(11)7(14,15)20-10(21-8(16,17)5(2)12)22-9(18,19)6(3)13/h4-6H,1-3H3. The molecular weight excluding hydrogens is 338 g/mol. The smallest absolute Gasteiger partial charge is 0.324 e. The van der Waals surface area contributed by atoms with Gasteiger partial charge in [0.1, 0.15) is 0 Å². The molecule has 0 spiro atoms. The number of rotatable bonds is 9. The summed E-state index contributed by atoms with van der Waals surface area (Å²) in [6.45, 7) is 0.634. The molecule has 0 fully saturated rings. The lowest BCUT2D eigenvalue weighted by molar-refractivity contribution is -0.304. The Bertz CT molecular complexity index is 299. The second-order valence-electron chi connectivity index (χ2n) is 4.18. The second kappa shape index (κ2) is 7.26. The number of alkyl halides is 9. The van der Waals surface area contributed by atoms with Gasteiger partial charge in [-0.05, 0) is 20.8 Å². The SMILES string of the molecule is CC(F)C(F)(F)OB(OC(F)(F)C(C)F)OC(F)(F)C(C)F. The highest BCUT2D eigenvalue weighted by Gasteiger charge is 2.55. The van der Waals surface area contributed by atoms with E-state index in [1.165, 1.54) is 0 Å². The van der Waals surface area contributed by atoms with Crippen LogP contribution in [0.1, 0.15) is 20.8 Å². The summed E-state index contributed by atoms with van der Waals surface area (Å²) in [5.41, 5.74) is 0. The molecule has 0 aliphatic carbocycles. The lowest BCUT2D eigenvalue weighted by atomic mass is 10.2. The summed E-state index contributed by atoms with van der Waals surface area (Å²) in [4.78, 5) is 0. The molecule has 0 amide bonds. The zero-order chi connectivity index (χ0) is 17.9. The summed E-state index contributed by atoms with van der Waals surface area (Å²) in [6.07, 6.45) is -24.1. The van der Waals surface area contributed by atoms with Gasteiger partial charge in [0.15, 0.2) is 18.5 Å². The Morgan fingerprint density at radius 2 is 0.773 bits per heavy atom. The van der Waals surface area contributed by atoms with Crippen LogP contribution in [0.15, 0.2) is 0 Å². The molecule has 0 bridgehead atoms. The molecule has 0 aliphatic rings. The molecule has 0 N–H and O–H groups in total. The van der Waals surface area contributed by atoms with Crippen LogP contribution in [-0.2, 0) is 14.0 Å². The van der Waals surface area contributed by atoms with Crippen molar-refractivity contribution in [3.63, 3.8) is 0 Å². The van der Waals surface area contributed by atoms with Crippen LogP contribution < -0.4 is 0 Å². The zero-order valence-corrected chi connectivity index (χ0v) is 11.4. The van der Waals surface area contributed by atoms with E-state index < -0.39 is 44.2 Å². The Balaban J connectivity index is 5.25. The first kappa shape index (κ1) is 21.3. The molecule has 13 heteroatoms. The van der Waals surface area contributed by atoms with E-state index in [-0.39, 0.29) is 20.8 Å². The fraction of sp³-hybridized carbons (Fsp3) is 1.00. The molecule has 0 aromatic rings. The average molecular weight is 350 g/mol. The van der Waals surface area contributed by atoms with E-state index in [4.69, 9.17) is 0 Å². The minimum atomic E-state index is -4.89. The van der Waals surface area contributed by atoms with Crippen molar-refractivity contribution in [3.05, 3.63) is 0 Å². The highest BCUT2D eigenvalue weighted by Crippen LogP contribution is 2.32. The first-order valence-electron chi connectivity index (χ1n) is 5.71. The lowest BCUT2D eigenvalue weighted by Gasteiger charge is -2.28.